The molecule has 66 valence electrons. The SMILES string of the molecule is C=C[Si](C)(C)CC[Si](C)(C)I. The van der Waals surface area contributed by atoms with E-state index < -0.39 is 13.6 Å². The van der Waals surface area contributed by atoms with Crippen molar-refractivity contribution in [3.05, 3.63) is 12.3 Å². The molecule has 0 saturated heterocycles. The van der Waals surface area contributed by atoms with E-state index in [4.69, 9.17) is 0 Å². The van der Waals surface area contributed by atoms with Crippen LogP contribution in [0.2, 0.25) is 38.3 Å². The summed E-state index contributed by atoms with van der Waals surface area (Å²) in [4.78, 5) is 0. The van der Waals surface area contributed by atoms with Gasteiger partial charge in [-0.2, -0.15) is 0 Å². The van der Waals surface area contributed by atoms with Crippen molar-refractivity contribution in [3.63, 3.8) is 0 Å². The highest BCUT2D eigenvalue weighted by Gasteiger charge is 2.22. The van der Waals surface area contributed by atoms with Gasteiger partial charge in [0.1, 0.15) is 5.57 Å². The molecule has 0 atom stereocenters. The van der Waals surface area contributed by atoms with E-state index in [-0.39, 0.29) is 0 Å². The number of hydrogen-bond donors (Lipinski definition) is 0. The summed E-state index contributed by atoms with van der Waals surface area (Å²) in [6.07, 6.45) is 0. The van der Waals surface area contributed by atoms with Gasteiger partial charge < -0.3 is 0 Å². The predicted octanol–water partition coefficient (Wildman–Crippen LogP) is 4.06. The first-order chi connectivity index (χ1) is 4.77. The zero-order valence-electron chi connectivity index (χ0n) is 8.08. The van der Waals surface area contributed by atoms with Crippen molar-refractivity contribution in [3.8, 4) is 0 Å². The summed E-state index contributed by atoms with van der Waals surface area (Å²) >= 11 is 2.66. The Bertz CT molecular complexity index is 136. The molecule has 0 saturated carbocycles. The van der Waals surface area contributed by atoms with Crippen molar-refractivity contribution in [1.29, 1.82) is 0 Å². The zero-order chi connectivity index (χ0) is 9.12. The molecule has 0 bridgehead atoms. The first-order valence-corrected chi connectivity index (χ1v) is 13.7. The van der Waals surface area contributed by atoms with E-state index in [1.807, 2.05) is 0 Å². The third kappa shape index (κ3) is 7.27. The third-order valence-electron chi connectivity index (χ3n) is 1.92. The van der Waals surface area contributed by atoms with Crippen LogP contribution in [0.1, 0.15) is 0 Å². The molecule has 0 aliphatic carbocycles. The molecule has 3 heteroatoms. The van der Waals surface area contributed by atoms with Crippen LogP contribution < -0.4 is 0 Å². The predicted molar refractivity (Wildman–Crippen MR) is 68.8 cm³/mol. The molecule has 0 unspecified atom stereocenters. The van der Waals surface area contributed by atoms with Crippen molar-refractivity contribution in [2.45, 2.75) is 38.3 Å². The highest BCUT2D eigenvalue weighted by atomic mass is 127. The average Bonchev–Trinajstić information content (AvgIpc) is 1.83. The van der Waals surface area contributed by atoms with Gasteiger partial charge in [0.05, 0.1) is 8.07 Å². The molecule has 0 heterocycles. The van der Waals surface area contributed by atoms with Crippen LogP contribution in [-0.4, -0.2) is 13.6 Å². The topological polar surface area (TPSA) is 0 Å². The Morgan fingerprint density at radius 2 is 1.64 bits per heavy atom. The van der Waals surface area contributed by atoms with Crippen LogP contribution in [0.4, 0.5) is 0 Å². The molecule has 11 heavy (non-hydrogen) atoms. The highest BCUT2D eigenvalue weighted by molar-refractivity contribution is 14.1. The molecular formula is C8H19ISi2. The molecule has 0 aliphatic heterocycles. The zero-order valence-corrected chi connectivity index (χ0v) is 12.2. The summed E-state index contributed by atoms with van der Waals surface area (Å²) in [6, 6.07) is 2.89. The van der Waals surface area contributed by atoms with Gasteiger partial charge in [0, 0.05) is 0 Å². The largest absolute Gasteiger partial charge is 0.119 e. The number of halogens is 1. The van der Waals surface area contributed by atoms with E-state index in [1.54, 1.807) is 0 Å². The first kappa shape index (κ1) is 11.9. The quantitative estimate of drug-likeness (QED) is 0.417. The molecular weight excluding hydrogens is 279 g/mol. The van der Waals surface area contributed by atoms with E-state index in [1.165, 1.54) is 12.1 Å². The Morgan fingerprint density at radius 3 is 1.91 bits per heavy atom. The van der Waals surface area contributed by atoms with E-state index >= 15 is 0 Å². The van der Waals surface area contributed by atoms with E-state index in [0.29, 0.717) is 0 Å². The molecule has 0 aromatic heterocycles. The van der Waals surface area contributed by atoms with Crippen LogP contribution in [0, 0.1) is 0 Å². The van der Waals surface area contributed by atoms with Crippen LogP contribution in [0.15, 0.2) is 12.3 Å². The Hall–Kier alpha value is 0.904. The lowest BCUT2D eigenvalue weighted by molar-refractivity contribution is 1.32. The lowest BCUT2D eigenvalue weighted by Gasteiger charge is -2.21. The minimum Gasteiger partial charge on any atom is -0.119 e. The molecule has 0 amide bonds. The maximum Gasteiger partial charge on any atom is 0.119 e. The average molecular weight is 298 g/mol. The fourth-order valence-corrected chi connectivity index (χ4v) is 8.31. The summed E-state index contributed by atoms with van der Waals surface area (Å²) < 4.78 is 0. The van der Waals surface area contributed by atoms with Gasteiger partial charge in [-0.15, -0.1) is 34.1 Å². The van der Waals surface area contributed by atoms with Crippen LogP contribution in [0.5, 0.6) is 0 Å². The number of hydrogen-bond acceptors (Lipinski definition) is 0. The summed E-state index contributed by atoms with van der Waals surface area (Å²) in [7, 11) is -0.993. The van der Waals surface area contributed by atoms with Crippen LogP contribution in [-0.2, 0) is 0 Å². The second kappa shape index (κ2) is 4.23. The maximum atomic E-state index is 3.91. The van der Waals surface area contributed by atoms with Crippen molar-refractivity contribution in [2.75, 3.05) is 0 Å². The fraction of sp³-hybridized carbons (Fsp3) is 0.750. The minimum absolute atomic E-state index is 0.826. The molecule has 0 rings (SSSR count). The molecule has 0 radical (unpaired) electrons. The normalized spacial score (nSPS) is 13.2. The lowest BCUT2D eigenvalue weighted by atomic mass is 10.9. The molecule has 0 aromatic rings. The third-order valence-corrected chi connectivity index (χ3v) is 8.12. The molecule has 0 aromatic carbocycles. The van der Waals surface area contributed by atoms with E-state index in [2.05, 4.69) is 60.3 Å². The molecule has 0 N–H and O–H groups in total. The number of rotatable bonds is 4. The Morgan fingerprint density at radius 1 is 1.18 bits per heavy atom. The highest BCUT2D eigenvalue weighted by Crippen LogP contribution is 2.25. The minimum atomic E-state index is -0.993. The summed E-state index contributed by atoms with van der Waals surface area (Å²) in [5.41, 5.74) is 1.39. The fourth-order valence-electron chi connectivity index (χ4n) is 0.721. The Kier molecular flexibility index (Phi) is 4.58. The van der Waals surface area contributed by atoms with Crippen LogP contribution in [0.25, 0.3) is 0 Å². The van der Waals surface area contributed by atoms with Gasteiger partial charge in [0.2, 0.25) is 0 Å². The molecule has 0 fully saturated rings. The van der Waals surface area contributed by atoms with Gasteiger partial charge in [0.25, 0.3) is 0 Å². The van der Waals surface area contributed by atoms with Crippen molar-refractivity contribution in [1.82, 2.24) is 0 Å². The monoisotopic (exact) mass is 298 g/mol. The van der Waals surface area contributed by atoms with Gasteiger partial charge >= 0.3 is 0 Å². The van der Waals surface area contributed by atoms with Gasteiger partial charge in [-0.25, -0.2) is 0 Å². The molecule has 0 aliphatic rings. The summed E-state index contributed by atoms with van der Waals surface area (Å²) in [5, 5.41) is 0. The van der Waals surface area contributed by atoms with Crippen molar-refractivity contribution >= 4 is 35.4 Å². The smallest absolute Gasteiger partial charge is 0.119 e. The first-order valence-electron chi connectivity index (χ1n) is 4.09. The van der Waals surface area contributed by atoms with Crippen LogP contribution >= 0.6 is 21.8 Å². The Labute approximate surface area is 85.7 Å². The van der Waals surface area contributed by atoms with E-state index in [0.717, 1.165) is 0 Å². The van der Waals surface area contributed by atoms with Crippen LogP contribution in [0.3, 0.4) is 0 Å². The second-order valence-corrected chi connectivity index (χ2v) is 22.0. The molecule has 0 spiro atoms. The van der Waals surface area contributed by atoms with Gasteiger partial charge in [-0.3, -0.25) is 0 Å². The van der Waals surface area contributed by atoms with Crippen molar-refractivity contribution in [2.24, 2.45) is 0 Å². The second-order valence-electron chi connectivity index (χ2n) is 4.41. The summed E-state index contributed by atoms with van der Waals surface area (Å²) in [6.45, 7) is 13.6. The van der Waals surface area contributed by atoms with Gasteiger partial charge in [-0.1, -0.05) is 38.3 Å². The summed E-state index contributed by atoms with van der Waals surface area (Å²) in [5.74, 6) is 0. The van der Waals surface area contributed by atoms with Gasteiger partial charge in [0.15, 0.2) is 0 Å². The van der Waals surface area contributed by atoms with Crippen molar-refractivity contribution < 1.29 is 0 Å². The molecule has 0 nitrogen and oxygen atoms in total. The maximum absolute atomic E-state index is 3.91. The lowest BCUT2D eigenvalue weighted by Crippen LogP contribution is -2.26. The van der Waals surface area contributed by atoms with Gasteiger partial charge in [-0.05, 0) is 0 Å². The standard InChI is InChI=1S/C8H19ISi2/c1-6-10(2,3)7-8-11(4,5)9/h6H,1,7-8H2,2-5H3. The van der Waals surface area contributed by atoms with E-state index in [9.17, 15) is 0 Å². The Balaban J connectivity index is 3.79.